The van der Waals surface area contributed by atoms with Gasteiger partial charge in [-0.2, -0.15) is 0 Å². The number of hydrogen-bond acceptors (Lipinski definition) is 2. The van der Waals surface area contributed by atoms with Crippen molar-refractivity contribution in [3.63, 3.8) is 0 Å². The molecule has 0 bridgehead atoms. The number of halogens is 1. The van der Waals surface area contributed by atoms with Crippen molar-refractivity contribution in [1.29, 1.82) is 0 Å². The second kappa shape index (κ2) is 5.10. The fourth-order valence-corrected chi connectivity index (χ4v) is 1.65. The molecular weight excluding hydrogens is 247 g/mol. The van der Waals surface area contributed by atoms with Gasteiger partial charge in [-0.25, -0.2) is 9.18 Å². The summed E-state index contributed by atoms with van der Waals surface area (Å²) in [6.45, 7) is 3.60. The van der Waals surface area contributed by atoms with Crippen molar-refractivity contribution in [3.8, 4) is 11.5 Å². The van der Waals surface area contributed by atoms with Gasteiger partial charge in [-0.1, -0.05) is 12.1 Å². The second-order valence-electron chi connectivity index (χ2n) is 4.32. The Morgan fingerprint density at radius 2 is 1.84 bits per heavy atom. The molecule has 2 aromatic rings. The maximum atomic E-state index is 13.6. The molecule has 0 aromatic heterocycles. The monoisotopic (exact) mass is 260 g/mol. The summed E-state index contributed by atoms with van der Waals surface area (Å²) in [5.74, 6) is -1.10. The third-order valence-corrected chi connectivity index (χ3v) is 2.74. The van der Waals surface area contributed by atoms with E-state index in [-0.39, 0.29) is 11.3 Å². The molecule has 0 atom stereocenters. The van der Waals surface area contributed by atoms with Crippen LogP contribution in [0.3, 0.4) is 0 Å². The summed E-state index contributed by atoms with van der Waals surface area (Å²) < 4.78 is 19.1. The minimum absolute atomic E-state index is 0.0886. The van der Waals surface area contributed by atoms with E-state index in [0.717, 1.165) is 11.1 Å². The van der Waals surface area contributed by atoms with E-state index < -0.39 is 11.8 Å². The average molecular weight is 260 g/mol. The molecule has 0 aliphatic rings. The van der Waals surface area contributed by atoms with Crippen LogP contribution in [0.1, 0.15) is 21.5 Å². The van der Waals surface area contributed by atoms with E-state index in [0.29, 0.717) is 5.75 Å². The summed E-state index contributed by atoms with van der Waals surface area (Å²) in [5, 5.41) is 8.94. The van der Waals surface area contributed by atoms with Crippen molar-refractivity contribution < 1.29 is 19.0 Å². The second-order valence-corrected chi connectivity index (χ2v) is 4.32. The van der Waals surface area contributed by atoms with Crippen LogP contribution in [0.4, 0.5) is 4.39 Å². The summed E-state index contributed by atoms with van der Waals surface area (Å²) in [4.78, 5) is 10.9. The molecule has 0 heterocycles. The molecule has 0 radical (unpaired) electrons. The molecule has 2 rings (SSSR count). The molecule has 3 nitrogen and oxygen atoms in total. The fraction of sp³-hybridized carbons (Fsp3) is 0.133. The lowest BCUT2D eigenvalue weighted by molar-refractivity contribution is 0.0696. The van der Waals surface area contributed by atoms with E-state index in [1.54, 1.807) is 25.1 Å². The molecule has 0 saturated heterocycles. The van der Waals surface area contributed by atoms with E-state index in [1.807, 2.05) is 6.92 Å². The Morgan fingerprint density at radius 3 is 2.53 bits per heavy atom. The Hall–Kier alpha value is -2.36. The molecule has 0 amide bonds. The number of rotatable bonds is 3. The number of benzene rings is 2. The predicted octanol–water partition coefficient (Wildman–Crippen LogP) is 3.93. The summed E-state index contributed by atoms with van der Waals surface area (Å²) in [5.41, 5.74) is 1.71. The molecule has 0 aliphatic carbocycles. The summed E-state index contributed by atoms with van der Waals surface area (Å²) in [6.07, 6.45) is 0. The molecule has 2 aromatic carbocycles. The van der Waals surface area contributed by atoms with E-state index in [1.165, 1.54) is 18.2 Å². The van der Waals surface area contributed by atoms with Crippen LogP contribution in [0, 0.1) is 19.7 Å². The van der Waals surface area contributed by atoms with E-state index >= 15 is 0 Å². The highest BCUT2D eigenvalue weighted by Gasteiger charge is 2.10. The van der Waals surface area contributed by atoms with E-state index in [4.69, 9.17) is 9.84 Å². The molecule has 0 aliphatic heterocycles. The van der Waals surface area contributed by atoms with Crippen LogP contribution >= 0.6 is 0 Å². The topological polar surface area (TPSA) is 46.5 Å². The first-order valence-corrected chi connectivity index (χ1v) is 5.75. The average Bonchev–Trinajstić information content (AvgIpc) is 2.36. The number of carboxylic acids is 1. The van der Waals surface area contributed by atoms with Gasteiger partial charge in [0.2, 0.25) is 0 Å². The maximum absolute atomic E-state index is 13.6. The highest BCUT2D eigenvalue weighted by molar-refractivity contribution is 5.88. The Bertz CT molecular complexity index is 635. The third-order valence-electron chi connectivity index (χ3n) is 2.74. The third kappa shape index (κ3) is 2.91. The van der Waals surface area contributed by atoms with Gasteiger partial charge in [0.15, 0.2) is 11.6 Å². The standard InChI is InChI=1S/C15H13FO3/c1-9-3-6-12(16)14(7-9)19-13-8-11(15(17)18)5-4-10(13)2/h3-8H,1-2H3,(H,17,18). The van der Waals surface area contributed by atoms with Gasteiger partial charge in [-0.05, 0) is 49.2 Å². The highest BCUT2D eigenvalue weighted by atomic mass is 19.1. The molecule has 4 heteroatoms. The minimum Gasteiger partial charge on any atom is -0.478 e. The zero-order valence-electron chi connectivity index (χ0n) is 10.6. The molecule has 19 heavy (non-hydrogen) atoms. The molecule has 0 unspecified atom stereocenters. The van der Waals surface area contributed by atoms with Gasteiger partial charge in [0.25, 0.3) is 0 Å². The van der Waals surface area contributed by atoms with Crippen molar-refractivity contribution in [3.05, 3.63) is 58.9 Å². The molecule has 98 valence electrons. The lowest BCUT2D eigenvalue weighted by Crippen LogP contribution is -1.98. The number of aromatic carboxylic acids is 1. The van der Waals surface area contributed by atoms with Gasteiger partial charge in [-0.3, -0.25) is 0 Å². The smallest absolute Gasteiger partial charge is 0.335 e. The SMILES string of the molecule is Cc1ccc(F)c(Oc2cc(C(=O)O)ccc2C)c1. The Kier molecular flexibility index (Phi) is 3.51. The molecule has 1 N–H and O–H groups in total. The van der Waals surface area contributed by atoms with Crippen molar-refractivity contribution in [2.45, 2.75) is 13.8 Å². The van der Waals surface area contributed by atoms with Crippen molar-refractivity contribution in [2.75, 3.05) is 0 Å². The maximum Gasteiger partial charge on any atom is 0.335 e. The minimum atomic E-state index is -1.05. The van der Waals surface area contributed by atoms with E-state index in [9.17, 15) is 9.18 Å². The summed E-state index contributed by atoms with van der Waals surface area (Å²) >= 11 is 0. The van der Waals surface area contributed by atoms with Gasteiger partial charge < -0.3 is 9.84 Å². The molecule has 0 fully saturated rings. The normalized spacial score (nSPS) is 10.3. The first-order chi connectivity index (χ1) is 8.97. The summed E-state index contributed by atoms with van der Waals surface area (Å²) in [6, 6.07) is 9.04. The van der Waals surface area contributed by atoms with Crippen LogP contribution in [0.15, 0.2) is 36.4 Å². The number of hydrogen-bond donors (Lipinski definition) is 1. The van der Waals surface area contributed by atoms with Crippen molar-refractivity contribution >= 4 is 5.97 Å². The number of carbonyl (C=O) groups is 1. The van der Waals surface area contributed by atoms with Crippen LogP contribution in [0.2, 0.25) is 0 Å². The number of aryl methyl sites for hydroxylation is 2. The van der Waals surface area contributed by atoms with Crippen LogP contribution in [-0.4, -0.2) is 11.1 Å². The predicted molar refractivity (Wildman–Crippen MR) is 69.3 cm³/mol. The van der Waals surface area contributed by atoms with Gasteiger partial charge in [0.1, 0.15) is 5.75 Å². The first-order valence-electron chi connectivity index (χ1n) is 5.75. The lowest BCUT2D eigenvalue weighted by atomic mass is 10.1. The Labute approximate surface area is 110 Å². The van der Waals surface area contributed by atoms with Crippen LogP contribution in [-0.2, 0) is 0 Å². The van der Waals surface area contributed by atoms with Crippen molar-refractivity contribution in [1.82, 2.24) is 0 Å². The van der Waals surface area contributed by atoms with Crippen molar-refractivity contribution in [2.24, 2.45) is 0 Å². The molecule has 0 saturated carbocycles. The Morgan fingerprint density at radius 1 is 1.11 bits per heavy atom. The largest absolute Gasteiger partial charge is 0.478 e. The Balaban J connectivity index is 2.40. The van der Waals surface area contributed by atoms with Gasteiger partial charge in [-0.15, -0.1) is 0 Å². The fourth-order valence-electron chi connectivity index (χ4n) is 1.65. The number of carboxylic acid groups (broad SMARTS) is 1. The first kappa shape index (κ1) is 13.1. The molecule has 0 spiro atoms. The quantitative estimate of drug-likeness (QED) is 0.909. The lowest BCUT2D eigenvalue weighted by Gasteiger charge is -2.10. The summed E-state index contributed by atoms with van der Waals surface area (Å²) in [7, 11) is 0. The van der Waals surface area contributed by atoms with Crippen LogP contribution in [0.5, 0.6) is 11.5 Å². The molecular formula is C15H13FO3. The van der Waals surface area contributed by atoms with Crippen LogP contribution < -0.4 is 4.74 Å². The van der Waals surface area contributed by atoms with Gasteiger partial charge >= 0.3 is 5.97 Å². The number of ether oxygens (including phenoxy) is 1. The van der Waals surface area contributed by atoms with E-state index in [2.05, 4.69) is 0 Å². The highest BCUT2D eigenvalue weighted by Crippen LogP contribution is 2.28. The van der Waals surface area contributed by atoms with Crippen LogP contribution in [0.25, 0.3) is 0 Å². The van der Waals surface area contributed by atoms with Gasteiger partial charge in [0, 0.05) is 0 Å². The zero-order chi connectivity index (χ0) is 14.0. The van der Waals surface area contributed by atoms with Gasteiger partial charge in [0.05, 0.1) is 5.56 Å². The zero-order valence-corrected chi connectivity index (χ0v) is 10.6.